The van der Waals surface area contributed by atoms with Gasteiger partial charge in [-0.15, -0.1) is 0 Å². The van der Waals surface area contributed by atoms with E-state index in [9.17, 15) is 0 Å². The van der Waals surface area contributed by atoms with Crippen molar-refractivity contribution in [2.24, 2.45) is 5.92 Å². The zero-order valence-corrected chi connectivity index (χ0v) is 11.0. The summed E-state index contributed by atoms with van der Waals surface area (Å²) in [6, 6.07) is 1.78. The highest BCUT2D eigenvalue weighted by Gasteiger charge is 2.05. The second-order valence-corrected chi connectivity index (χ2v) is 4.30. The highest BCUT2D eigenvalue weighted by atomic mass is 35.5. The first-order chi connectivity index (χ1) is 7.69. The fourth-order valence-corrected chi connectivity index (χ4v) is 1.74. The number of halogens is 1. The summed E-state index contributed by atoms with van der Waals surface area (Å²) in [5.41, 5.74) is 0. The smallest absolute Gasteiger partial charge is 0.134 e. The van der Waals surface area contributed by atoms with E-state index in [2.05, 4.69) is 29.1 Å². The number of aromatic nitrogens is 2. The maximum atomic E-state index is 5.92. The SMILES string of the molecule is CCc1nc(Cl)cc(NCC(CC)CC)n1. The molecule has 0 atom stereocenters. The van der Waals surface area contributed by atoms with Gasteiger partial charge < -0.3 is 5.32 Å². The van der Waals surface area contributed by atoms with Crippen molar-refractivity contribution >= 4 is 17.4 Å². The van der Waals surface area contributed by atoms with Crippen LogP contribution in [0, 0.1) is 5.92 Å². The van der Waals surface area contributed by atoms with Crippen LogP contribution in [0.3, 0.4) is 0 Å². The van der Waals surface area contributed by atoms with Gasteiger partial charge in [-0.25, -0.2) is 9.97 Å². The van der Waals surface area contributed by atoms with Gasteiger partial charge in [-0.1, -0.05) is 45.2 Å². The lowest BCUT2D eigenvalue weighted by Gasteiger charge is -2.14. The third-order valence-corrected chi connectivity index (χ3v) is 2.98. The van der Waals surface area contributed by atoms with Crippen LogP contribution < -0.4 is 5.32 Å². The third-order valence-electron chi connectivity index (χ3n) is 2.78. The Morgan fingerprint density at radius 2 is 1.94 bits per heavy atom. The van der Waals surface area contributed by atoms with E-state index in [1.54, 1.807) is 6.07 Å². The zero-order valence-electron chi connectivity index (χ0n) is 10.3. The van der Waals surface area contributed by atoms with Crippen molar-refractivity contribution in [2.45, 2.75) is 40.0 Å². The van der Waals surface area contributed by atoms with Crippen LogP contribution in [0.2, 0.25) is 5.15 Å². The summed E-state index contributed by atoms with van der Waals surface area (Å²) >= 11 is 5.92. The zero-order chi connectivity index (χ0) is 12.0. The molecule has 1 rings (SSSR count). The van der Waals surface area contributed by atoms with E-state index in [1.807, 2.05) is 6.92 Å². The van der Waals surface area contributed by atoms with Gasteiger partial charge in [-0.05, 0) is 5.92 Å². The van der Waals surface area contributed by atoms with Gasteiger partial charge in [0.2, 0.25) is 0 Å². The van der Waals surface area contributed by atoms with Crippen LogP contribution in [0.25, 0.3) is 0 Å². The van der Waals surface area contributed by atoms with Crippen molar-refractivity contribution < 1.29 is 0 Å². The second-order valence-electron chi connectivity index (χ2n) is 3.91. The first kappa shape index (κ1) is 13.2. The molecule has 0 spiro atoms. The van der Waals surface area contributed by atoms with Crippen LogP contribution in [0.1, 0.15) is 39.4 Å². The first-order valence-electron chi connectivity index (χ1n) is 5.96. The molecule has 0 saturated carbocycles. The molecule has 16 heavy (non-hydrogen) atoms. The van der Waals surface area contributed by atoms with E-state index in [-0.39, 0.29) is 0 Å². The molecular formula is C12H20ClN3. The van der Waals surface area contributed by atoms with E-state index >= 15 is 0 Å². The van der Waals surface area contributed by atoms with Crippen molar-refractivity contribution in [3.63, 3.8) is 0 Å². The average molecular weight is 242 g/mol. The van der Waals surface area contributed by atoms with E-state index < -0.39 is 0 Å². The summed E-state index contributed by atoms with van der Waals surface area (Å²) < 4.78 is 0. The molecule has 0 saturated heterocycles. The maximum absolute atomic E-state index is 5.92. The normalized spacial score (nSPS) is 10.8. The van der Waals surface area contributed by atoms with Crippen LogP contribution in [-0.2, 0) is 6.42 Å². The van der Waals surface area contributed by atoms with Gasteiger partial charge in [0.25, 0.3) is 0 Å². The van der Waals surface area contributed by atoms with E-state index in [0.29, 0.717) is 11.1 Å². The van der Waals surface area contributed by atoms with Crippen molar-refractivity contribution in [3.05, 3.63) is 17.0 Å². The predicted molar refractivity (Wildman–Crippen MR) is 69.0 cm³/mol. The Morgan fingerprint density at radius 3 is 2.50 bits per heavy atom. The molecule has 0 amide bonds. The molecule has 0 aliphatic carbocycles. The van der Waals surface area contributed by atoms with Crippen LogP contribution >= 0.6 is 11.6 Å². The van der Waals surface area contributed by atoms with Crippen LogP contribution in [0.5, 0.6) is 0 Å². The van der Waals surface area contributed by atoms with E-state index in [4.69, 9.17) is 11.6 Å². The lowest BCUT2D eigenvalue weighted by atomic mass is 10.0. The summed E-state index contributed by atoms with van der Waals surface area (Å²) in [6.07, 6.45) is 3.17. The molecule has 90 valence electrons. The minimum absolute atomic E-state index is 0.513. The van der Waals surface area contributed by atoms with Gasteiger partial charge in [-0.3, -0.25) is 0 Å². The van der Waals surface area contributed by atoms with Gasteiger partial charge in [0.05, 0.1) is 0 Å². The predicted octanol–water partition coefficient (Wildman–Crippen LogP) is 3.54. The standard InChI is InChI=1S/C12H20ClN3/c1-4-9(5-2)8-14-12-7-10(13)15-11(6-3)16-12/h7,9H,4-6,8H2,1-3H3,(H,14,15,16). The molecule has 1 aromatic heterocycles. The number of nitrogens with one attached hydrogen (secondary N) is 1. The molecule has 0 aliphatic heterocycles. The number of rotatable bonds is 6. The lowest BCUT2D eigenvalue weighted by Crippen LogP contribution is -2.14. The Bertz CT molecular complexity index is 324. The Labute approximate surface area is 103 Å². The first-order valence-corrected chi connectivity index (χ1v) is 6.34. The lowest BCUT2D eigenvalue weighted by molar-refractivity contribution is 0.518. The summed E-state index contributed by atoms with van der Waals surface area (Å²) in [4.78, 5) is 8.52. The molecule has 0 radical (unpaired) electrons. The highest BCUT2D eigenvalue weighted by Crippen LogP contribution is 2.14. The van der Waals surface area contributed by atoms with Crippen molar-refractivity contribution in [1.82, 2.24) is 9.97 Å². The molecule has 1 heterocycles. The summed E-state index contributed by atoms with van der Waals surface area (Å²) in [6.45, 7) is 7.39. The third kappa shape index (κ3) is 3.97. The van der Waals surface area contributed by atoms with Gasteiger partial charge in [0.1, 0.15) is 16.8 Å². The summed E-state index contributed by atoms with van der Waals surface area (Å²) in [5.74, 6) is 2.32. The average Bonchev–Trinajstić information content (AvgIpc) is 2.29. The van der Waals surface area contributed by atoms with Gasteiger partial charge >= 0.3 is 0 Å². The molecular weight excluding hydrogens is 222 g/mol. The van der Waals surface area contributed by atoms with Crippen LogP contribution in [0.15, 0.2) is 6.07 Å². The van der Waals surface area contributed by atoms with Crippen LogP contribution in [-0.4, -0.2) is 16.5 Å². The number of hydrogen-bond donors (Lipinski definition) is 1. The number of anilines is 1. The number of aryl methyl sites for hydroxylation is 1. The minimum Gasteiger partial charge on any atom is -0.370 e. The molecule has 4 heteroatoms. The van der Waals surface area contributed by atoms with Crippen molar-refractivity contribution in [3.8, 4) is 0 Å². The van der Waals surface area contributed by atoms with Crippen molar-refractivity contribution in [1.29, 1.82) is 0 Å². The largest absolute Gasteiger partial charge is 0.370 e. The Morgan fingerprint density at radius 1 is 1.25 bits per heavy atom. The number of hydrogen-bond acceptors (Lipinski definition) is 3. The Kier molecular flexibility index (Phi) is 5.53. The summed E-state index contributed by atoms with van der Waals surface area (Å²) in [7, 11) is 0. The Balaban J connectivity index is 2.62. The van der Waals surface area contributed by atoms with Gasteiger partial charge in [0, 0.05) is 19.0 Å². The van der Waals surface area contributed by atoms with E-state index in [1.165, 1.54) is 12.8 Å². The molecule has 0 aliphatic rings. The topological polar surface area (TPSA) is 37.8 Å². The number of nitrogens with zero attached hydrogens (tertiary/aromatic N) is 2. The highest BCUT2D eigenvalue weighted by molar-refractivity contribution is 6.29. The Hall–Kier alpha value is -0.830. The maximum Gasteiger partial charge on any atom is 0.134 e. The quantitative estimate of drug-likeness (QED) is 0.775. The molecule has 0 fully saturated rings. The molecule has 1 N–H and O–H groups in total. The monoisotopic (exact) mass is 241 g/mol. The fraction of sp³-hybridized carbons (Fsp3) is 0.667. The minimum atomic E-state index is 0.513. The van der Waals surface area contributed by atoms with Gasteiger partial charge in [-0.2, -0.15) is 0 Å². The summed E-state index contributed by atoms with van der Waals surface area (Å²) in [5, 5.41) is 3.84. The van der Waals surface area contributed by atoms with Gasteiger partial charge in [0.15, 0.2) is 0 Å². The molecule has 0 aromatic carbocycles. The molecule has 0 unspecified atom stereocenters. The van der Waals surface area contributed by atoms with Crippen molar-refractivity contribution in [2.75, 3.05) is 11.9 Å². The molecule has 1 aromatic rings. The van der Waals surface area contributed by atoms with Crippen LogP contribution in [0.4, 0.5) is 5.82 Å². The fourth-order valence-electron chi connectivity index (χ4n) is 1.54. The molecule has 0 bridgehead atoms. The molecule has 3 nitrogen and oxygen atoms in total. The van der Waals surface area contributed by atoms with E-state index in [0.717, 1.165) is 24.6 Å². The second kappa shape index (κ2) is 6.69.